The van der Waals surface area contributed by atoms with Crippen LogP contribution in [0.15, 0.2) is 18.3 Å². The van der Waals surface area contributed by atoms with Crippen LogP contribution in [-0.2, 0) is 9.59 Å². The van der Waals surface area contributed by atoms with E-state index in [2.05, 4.69) is 10.3 Å². The van der Waals surface area contributed by atoms with E-state index < -0.39 is 0 Å². The number of rotatable bonds is 3. The number of nitrogens with zero attached hydrogens (tertiary/aromatic N) is 2. The fourth-order valence-electron chi connectivity index (χ4n) is 3.31. The summed E-state index contributed by atoms with van der Waals surface area (Å²) in [6.07, 6.45) is 6.56. The third kappa shape index (κ3) is 3.06. The van der Waals surface area contributed by atoms with Gasteiger partial charge in [0.1, 0.15) is 5.82 Å². The Kier molecular flexibility index (Phi) is 3.90. The Morgan fingerprint density at radius 2 is 2.14 bits per heavy atom. The van der Waals surface area contributed by atoms with Gasteiger partial charge in [-0.3, -0.25) is 9.59 Å². The molecule has 2 amide bonds. The van der Waals surface area contributed by atoms with E-state index in [1.807, 2.05) is 24.0 Å². The Bertz CT molecular complexity index is 552. The predicted octanol–water partition coefficient (Wildman–Crippen LogP) is 2.12. The van der Waals surface area contributed by atoms with E-state index in [1.165, 1.54) is 12.8 Å². The number of hydrogen-bond acceptors (Lipinski definition) is 3. The van der Waals surface area contributed by atoms with Crippen molar-refractivity contribution < 1.29 is 9.59 Å². The standard InChI is InChI=1S/C16H21N3O2/c1-11-6-7-17-14(8-11)18-16(21)12-9-15(20)19(10-12)13-4-2-3-5-13/h6-8,12-13H,2-5,9-10H2,1H3,(H,17,18,21)/t12-/m1/s1. The molecule has 1 aliphatic heterocycles. The number of hydrogen-bond donors (Lipinski definition) is 1. The number of carbonyl (C=O) groups excluding carboxylic acids is 2. The molecular weight excluding hydrogens is 266 g/mol. The van der Waals surface area contributed by atoms with Crippen LogP contribution in [0.2, 0.25) is 0 Å². The fraction of sp³-hybridized carbons (Fsp3) is 0.562. The number of pyridine rings is 1. The lowest BCUT2D eigenvalue weighted by Gasteiger charge is -2.23. The van der Waals surface area contributed by atoms with Crippen LogP contribution >= 0.6 is 0 Å². The van der Waals surface area contributed by atoms with Gasteiger partial charge in [-0.05, 0) is 37.5 Å². The summed E-state index contributed by atoms with van der Waals surface area (Å²) in [5.41, 5.74) is 1.05. The molecule has 5 heteroatoms. The van der Waals surface area contributed by atoms with Crippen molar-refractivity contribution in [1.29, 1.82) is 0 Å². The van der Waals surface area contributed by atoms with E-state index in [0.29, 0.717) is 24.8 Å². The van der Waals surface area contributed by atoms with E-state index >= 15 is 0 Å². The van der Waals surface area contributed by atoms with Crippen LogP contribution in [0, 0.1) is 12.8 Å². The van der Waals surface area contributed by atoms with Crippen molar-refractivity contribution >= 4 is 17.6 Å². The number of likely N-dealkylation sites (tertiary alicyclic amines) is 1. The van der Waals surface area contributed by atoms with Crippen LogP contribution in [0.4, 0.5) is 5.82 Å². The zero-order valence-corrected chi connectivity index (χ0v) is 12.3. The van der Waals surface area contributed by atoms with Crippen LogP contribution < -0.4 is 5.32 Å². The summed E-state index contributed by atoms with van der Waals surface area (Å²) >= 11 is 0. The topological polar surface area (TPSA) is 62.3 Å². The number of amides is 2. The van der Waals surface area contributed by atoms with Crippen molar-refractivity contribution in [2.24, 2.45) is 5.92 Å². The molecule has 5 nitrogen and oxygen atoms in total. The Morgan fingerprint density at radius 3 is 2.86 bits per heavy atom. The largest absolute Gasteiger partial charge is 0.339 e. The molecule has 21 heavy (non-hydrogen) atoms. The van der Waals surface area contributed by atoms with Gasteiger partial charge in [0.15, 0.2) is 0 Å². The lowest BCUT2D eigenvalue weighted by molar-refractivity contribution is -0.129. The predicted molar refractivity (Wildman–Crippen MR) is 79.7 cm³/mol. The zero-order chi connectivity index (χ0) is 14.8. The highest BCUT2D eigenvalue weighted by molar-refractivity contribution is 5.96. The minimum Gasteiger partial charge on any atom is -0.339 e. The molecule has 0 radical (unpaired) electrons. The molecule has 1 saturated carbocycles. The van der Waals surface area contributed by atoms with Gasteiger partial charge in [0.25, 0.3) is 0 Å². The Labute approximate surface area is 124 Å². The third-order valence-corrected chi connectivity index (χ3v) is 4.46. The van der Waals surface area contributed by atoms with Gasteiger partial charge in [0.05, 0.1) is 5.92 Å². The number of aromatic nitrogens is 1. The van der Waals surface area contributed by atoms with Crippen molar-refractivity contribution in [3.63, 3.8) is 0 Å². The van der Waals surface area contributed by atoms with Gasteiger partial charge in [-0.15, -0.1) is 0 Å². The first-order valence-corrected chi connectivity index (χ1v) is 7.66. The molecule has 1 N–H and O–H groups in total. The van der Waals surface area contributed by atoms with E-state index in [1.54, 1.807) is 6.20 Å². The van der Waals surface area contributed by atoms with E-state index in [-0.39, 0.29) is 17.7 Å². The van der Waals surface area contributed by atoms with E-state index in [9.17, 15) is 9.59 Å². The lowest BCUT2D eigenvalue weighted by atomic mass is 10.1. The Morgan fingerprint density at radius 1 is 1.38 bits per heavy atom. The van der Waals surface area contributed by atoms with Gasteiger partial charge in [-0.25, -0.2) is 4.98 Å². The molecule has 2 fully saturated rings. The van der Waals surface area contributed by atoms with Crippen LogP contribution in [0.1, 0.15) is 37.7 Å². The molecule has 2 aliphatic rings. The van der Waals surface area contributed by atoms with E-state index in [0.717, 1.165) is 18.4 Å². The van der Waals surface area contributed by atoms with Crippen molar-refractivity contribution in [2.45, 2.75) is 45.1 Å². The van der Waals surface area contributed by atoms with Crippen molar-refractivity contribution in [3.8, 4) is 0 Å². The molecule has 1 aliphatic carbocycles. The summed E-state index contributed by atoms with van der Waals surface area (Å²) < 4.78 is 0. The van der Waals surface area contributed by atoms with Crippen molar-refractivity contribution in [3.05, 3.63) is 23.9 Å². The van der Waals surface area contributed by atoms with Crippen LogP contribution in [0.5, 0.6) is 0 Å². The zero-order valence-electron chi connectivity index (χ0n) is 12.3. The normalized spacial score (nSPS) is 22.8. The van der Waals surface area contributed by atoms with Gasteiger partial charge in [0, 0.05) is 25.2 Å². The molecule has 0 spiro atoms. The maximum Gasteiger partial charge on any atom is 0.230 e. The molecule has 1 aromatic heterocycles. The SMILES string of the molecule is Cc1ccnc(NC(=O)[C@@H]2CC(=O)N(C3CCCC3)C2)c1. The van der Waals surface area contributed by atoms with Crippen molar-refractivity contribution in [2.75, 3.05) is 11.9 Å². The monoisotopic (exact) mass is 287 g/mol. The first kappa shape index (κ1) is 14.0. The Hall–Kier alpha value is -1.91. The lowest BCUT2D eigenvalue weighted by Crippen LogP contribution is -2.35. The minimum atomic E-state index is -0.250. The summed E-state index contributed by atoms with van der Waals surface area (Å²) in [6.45, 7) is 2.51. The number of carbonyl (C=O) groups is 2. The molecule has 1 atom stereocenters. The molecule has 2 heterocycles. The van der Waals surface area contributed by atoms with Gasteiger partial charge in [0.2, 0.25) is 11.8 Å². The van der Waals surface area contributed by atoms with Gasteiger partial charge >= 0.3 is 0 Å². The molecule has 0 bridgehead atoms. The van der Waals surface area contributed by atoms with Gasteiger partial charge in [-0.2, -0.15) is 0 Å². The first-order chi connectivity index (χ1) is 10.1. The molecular formula is C16H21N3O2. The summed E-state index contributed by atoms with van der Waals surface area (Å²) in [7, 11) is 0. The number of nitrogens with one attached hydrogen (secondary N) is 1. The quantitative estimate of drug-likeness (QED) is 0.926. The molecule has 1 aromatic rings. The highest BCUT2D eigenvalue weighted by Gasteiger charge is 2.38. The third-order valence-electron chi connectivity index (χ3n) is 4.46. The summed E-state index contributed by atoms with van der Waals surface area (Å²) in [5, 5.41) is 2.83. The average molecular weight is 287 g/mol. The van der Waals surface area contributed by atoms with Crippen LogP contribution in [0.25, 0.3) is 0 Å². The summed E-state index contributed by atoms with van der Waals surface area (Å²) in [4.78, 5) is 30.5. The number of anilines is 1. The van der Waals surface area contributed by atoms with Crippen molar-refractivity contribution in [1.82, 2.24) is 9.88 Å². The molecule has 3 rings (SSSR count). The smallest absolute Gasteiger partial charge is 0.230 e. The van der Waals surface area contributed by atoms with Gasteiger partial charge < -0.3 is 10.2 Å². The molecule has 112 valence electrons. The average Bonchev–Trinajstić information content (AvgIpc) is 3.07. The van der Waals surface area contributed by atoms with Crippen LogP contribution in [-0.4, -0.2) is 34.3 Å². The molecule has 0 unspecified atom stereocenters. The molecule has 1 saturated heterocycles. The number of aryl methyl sites for hydroxylation is 1. The van der Waals surface area contributed by atoms with E-state index in [4.69, 9.17) is 0 Å². The highest BCUT2D eigenvalue weighted by Crippen LogP contribution is 2.29. The highest BCUT2D eigenvalue weighted by atomic mass is 16.2. The fourth-order valence-corrected chi connectivity index (χ4v) is 3.31. The second-order valence-electron chi connectivity index (χ2n) is 6.09. The Balaban J connectivity index is 1.62. The maximum atomic E-state index is 12.3. The second-order valence-corrected chi connectivity index (χ2v) is 6.09. The second kappa shape index (κ2) is 5.84. The summed E-state index contributed by atoms with van der Waals surface area (Å²) in [6, 6.07) is 4.08. The first-order valence-electron chi connectivity index (χ1n) is 7.66. The minimum absolute atomic E-state index is 0.0954. The van der Waals surface area contributed by atoms with Crippen LogP contribution in [0.3, 0.4) is 0 Å². The van der Waals surface area contributed by atoms with Gasteiger partial charge in [-0.1, -0.05) is 12.8 Å². The maximum absolute atomic E-state index is 12.3. The molecule has 0 aromatic carbocycles. The summed E-state index contributed by atoms with van der Waals surface area (Å²) in [5.74, 6) is 0.341.